The van der Waals surface area contributed by atoms with Crippen molar-refractivity contribution in [3.63, 3.8) is 0 Å². The Balaban J connectivity index is 1.34. The number of hydrogen-bond donors (Lipinski definition) is 1. The molecule has 2 aliphatic rings. The van der Waals surface area contributed by atoms with Crippen molar-refractivity contribution in [2.45, 2.75) is 13.3 Å². The highest BCUT2D eigenvalue weighted by Gasteiger charge is 2.21. The molecule has 0 fully saturated rings. The van der Waals surface area contributed by atoms with Gasteiger partial charge in [-0.15, -0.1) is 0 Å². The lowest BCUT2D eigenvalue weighted by Gasteiger charge is -2.18. The Bertz CT molecular complexity index is 1020. The van der Waals surface area contributed by atoms with E-state index in [9.17, 15) is 14.4 Å². The summed E-state index contributed by atoms with van der Waals surface area (Å²) in [6, 6.07) is 8.19. The normalized spacial score (nSPS) is 13.5. The fraction of sp³-hybridized carbons (Fsp3) is 0.286. The van der Waals surface area contributed by atoms with Crippen LogP contribution in [0.5, 0.6) is 23.0 Å². The van der Waals surface area contributed by atoms with E-state index in [1.807, 2.05) is 0 Å². The molecule has 0 bridgehead atoms. The van der Waals surface area contributed by atoms with Crippen molar-refractivity contribution in [2.24, 2.45) is 0 Å². The summed E-state index contributed by atoms with van der Waals surface area (Å²) in [6.45, 7) is 1.86. The average molecular weight is 413 g/mol. The van der Waals surface area contributed by atoms with Gasteiger partial charge >= 0.3 is 5.97 Å². The average Bonchev–Trinajstić information content (AvgIpc) is 3.19. The molecule has 2 aromatic carbocycles. The molecular formula is C21H19NO8. The molecule has 1 N–H and O–H groups in total. The number of amides is 1. The van der Waals surface area contributed by atoms with Crippen LogP contribution in [0.15, 0.2) is 30.3 Å². The topological polar surface area (TPSA) is 109 Å². The molecule has 9 nitrogen and oxygen atoms in total. The van der Waals surface area contributed by atoms with Crippen LogP contribution in [0.4, 0.5) is 5.69 Å². The van der Waals surface area contributed by atoms with Crippen LogP contribution in [0.1, 0.15) is 22.8 Å². The fourth-order valence-electron chi connectivity index (χ4n) is 3.08. The highest BCUT2D eigenvalue weighted by molar-refractivity contribution is 6.05. The van der Waals surface area contributed by atoms with Crippen LogP contribution in [0.2, 0.25) is 0 Å². The maximum Gasteiger partial charge on any atom is 0.310 e. The van der Waals surface area contributed by atoms with Gasteiger partial charge in [-0.2, -0.15) is 0 Å². The van der Waals surface area contributed by atoms with Crippen molar-refractivity contribution in [3.05, 3.63) is 41.5 Å². The van der Waals surface area contributed by atoms with Crippen LogP contribution in [0.25, 0.3) is 0 Å². The standard InChI is InChI=1S/C21H19NO8/c1-12(23)14-8-18-19(30-11-29-18)9-15(14)22-20(24)10-28-21(25)7-13-2-3-16-17(6-13)27-5-4-26-16/h2-3,6,8-9H,4-5,7,10-11H2,1H3,(H,22,24). The number of benzene rings is 2. The number of carbonyl (C=O) groups is 3. The van der Waals surface area contributed by atoms with Crippen LogP contribution in [-0.2, 0) is 20.7 Å². The summed E-state index contributed by atoms with van der Waals surface area (Å²) >= 11 is 0. The van der Waals surface area contributed by atoms with E-state index < -0.39 is 18.5 Å². The molecule has 4 rings (SSSR count). The summed E-state index contributed by atoms with van der Waals surface area (Å²) < 4.78 is 26.5. The lowest BCUT2D eigenvalue weighted by Crippen LogP contribution is -2.22. The summed E-state index contributed by atoms with van der Waals surface area (Å²) in [5.74, 6) is 0.659. The van der Waals surface area contributed by atoms with Crippen molar-refractivity contribution in [2.75, 3.05) is 31.9 Å². The molecule has 0 unspecified atom stereocenters. The minimum atomic E-state index is -0.577. The summed E-state index contributed by atoms with van der Waals surface area (Å²) in [7, 11) is 0. The molecule has 156 valence electrons. The van der Waals surface area contributed by atoms with E-state index in [0.717, 1.165) is 0 Å². The zero-order chi connectivity index (χ0) is 21.1. The van der Waals surface area contributed by atoms with Crippen LogP contribution in [-0.4, -0.2) is 44.3 Å². The maximum atomic E-state index is 12.2. The molecule has 0 saturated heterocycles. The van der Waals surface area contributed by atoms with E-state index in [1.54, 1.807) is 18.2 Å². The Labute approximate surface area is 171 Å². The van der Waals surface area contributed by atoms with Crippen molar-refractivity contribution >= 4 is 23.3 Å². The minimum Gasteiger partial charge on any atom is -0.486 e. The molecule has 0 atom stereocenters. The Morgan fingerprint density at radius 3 is 2.40 bits per heavy atom. The van der Waals surface area contributed by atoms with E-state index in [1.165, 1.54) is 19.1 Å². The first-order valence-electron chi connectivity index (χ1n) is 9.28. The van der Waals surface area contributed by atoms with E-state index in [-0.39, 0.29) is 30.2 Å². The van der Waals surface area contributed by atoms with Crippen LogP contribution in [0, 0.1) is 0 Å². The van der Waals surface area contributed by atoms with Gasteiger partial charge in [0.2, 0.25) is 6.79 Å². The second-order valence-corrected chi connectivity index (χ2v) is 6.67. The number of carbonyl (C=O) groups excluding carboxylic acids is 3. The summed E-state index contributed by atoms with van der Waals surface area (Å²) in [5, 5.41) is 2.57. The van der Waals surface area contributed by atoms with Gasteiger partial charge in [-0.05, 0) is 30.7 Å². The highest BCUT2D eigenvalue weighted by atomic mass is 16.7. The van der Waals surface area contributed by atoms with Gasteiger partial charge in [0, 0.05) is 11.6 Å². The molecule has 2 aromatic rings. The first kappa shape index (κ1) is 19.6. The van der Waals surface area contributed by atoms with Crippen molar-refractivity contribution < 1.29 is 38.1 Å². The summed E-state index contributed by atoms with van der Waals surface area (Å²) in [6.07, 6.45) is -0.0212. The van der Waals surface area contributed by atoms with Gasteiger partial charge < -0.3 is 29.0 Å². The Morgan fingerprint density at radius 1 is 0.933 bits per heavy atom. The zero-order valence-electron chi connectivity index (χ0n) is 16.2. The highest BCUT2D eigenvalue weighted by Crippen LogP contribution is 2.37. The molecular weight excluding hydrogens is 394 g/mol. The van der Waals surface area contributed by atoms with Crippen LogP contribution < -0.4 is 24.3 Å². The molecule has 1 amide bonds. The summed E-state index contributed by atoms with van der Waals surface area (Å²) in [4.78, 5) is 36.2. The lowest BCUT2D eigenvalue weighted by atomic mass is 10.1. The first-order valence-corrected chi connectivity index (χ1v) is 9.28. The smallest absolute Gasteiger partial charge is 0.310 e. The second kappa shape index (κ2) is 8.32. The number of Topliss-reactive ketones (excluding diaryl/α,β-unsaturated/α-hetero) is 1. The van der Waals surface area contributed by atoms with E-state index >= 15 is 0 Å². The third-order valence-corrected chi connectivity index (χ3v) is 4.49. The second-order valence-electron chi connectivity index (χ2n) is 6.67. The number of esters is 1. The number of nitrogens with one attached hydrogen (secondary N) is 1. The maximum absolute atomic E-state index is 12.2. The van der Waals surface area contributed by atoms with Gasteiger partial charge in [-0.3, -0.25) is 14.4 Å². The first-order chi connectivity index (χ1) is 14.5. The van der Waals surface area contributed by atoms with Gasteiger partial charge in [0.05, 0.1) is 12.1 Å². The Hall–Kier alpha value is -3.75. The van der Waals surface area contributed by atoms with Gasteiger partial charge in [-0.25, -0.2) is 0 Å². The third-order valence-electron chi connectivity index (χ3n) is 4.49. The van der Waals surface area contributed by atoms with Crippen molar-refractivity contribution in [1.82, 2.24) is 0 Å². The Morgan fingerprint density at radius 2 is 1.63 bits per heavy atom. The molecule has 2 heterocycles. The number of fused-ring (bicyclic) bond motifs is 2. The SMILES string of the molecule is CC(=O)c1cc2c(cc1NC(=O)COC(=O)Cc1ccc3c(c1)OCCO3)OCO2. The minimum absolute atomic E-state index is 0.0212. The quantitative estimate of drug-likeness (QED) is 0.567. The van der Waals surface area contributed by atoms with Gasteiger partial charge in [-0.1, -0.05) is 6.07 Å². The van der Waals surface area contributed by atoms with Crippen molar-refractivity contribution in [1.29, 1.82) is 0 Å². The van der Waals surface area contributed by atoms with Crippen molar-refractivity contribution in [3.8, 4) is 23.0 Å². The van der Waals surface area contributed by atoms with Gasteiger partial charge in [0.1, 0.15) is 13.2 Å². The number of hydrogen-bond acceptors (Lipinski definition) is 8. The van der Waals surface area contributed by atoms with Gasteiger partial charge in [0.25, 0.3) is 5.91 Å². The molecule has 0 aliphatic carbocycles. The molecule has 30 heavy (non-hydrogen) atoms. The number of ether oxygens (including phenoxy) is 5. The van der Waals surface area contributed by atoms with Gasteiger partial charge in [0.15, 0.2) is 35.4 Å². The Kier molecular flexibility index (Phi) is 5.42. The number of ketones is 1. The monoisotopic (exact) mass is 413 g/mol. The van der Waals surface area contributed by atoms with E-state index in [0.29, 0.717) is 41.8 Å². The third kappa shape index (κ3) is 4.29. The molecule has 0 spiro atoms. The molecule has 0 aromatic heterocycles. The van der Waals surface area contributed by atoms with Crippen LogP contribution >= 0.6 is 0 Å². The summed E-state index contributed by atoms with van der Waals surface area (Å²) in [5.41, 5.74) is 1.22. The number of rotatable bonds is 6. The molecule has 9 heteroatoms. The predicted molar refractivity (Wildman–Crippen MR) is 103 cm³/mol. The lowest BCUT2D eigenvalue weighted by molar-refractivity contribution is -0.146. The molecule has 0 radical (unpaired) electrons. The zero-order valence-corrected chi connectivity index (χ0v) is 16.2. The number of anilines is 1. The molecule has 2 aliphatic heterocycles. The fourth-order valence-corrected chi connectivity index (χ4v) is 3.08. The van der Waals surface area contributed by atoms with E-state index in [4.69, 9.17) is 23.7 Å². The largest absolute Gasteiger partial charge is 0.486 e. The van der Waals surface area contributed by atoms with E-state index in [2.05, 4.69) is 5.32 Å². The van der Waals surface area contributed by atoms with Crippen LogP contribution in [0.3, 0.4) is 0 Å². The predicted octanol–water partition coefficient (Wildman–Crippen LogP) is 2.11. The molecule has 0 saturated carbocycles.